The van der Waals surface area contributed by atoms with Crippen LogP contribution in [0.25, 0.3) is 0 Å². The van der Waals surface area contributed by atoms with Gasteiger partial charge in [-0.05, 0) is 48.1 Å². The van der Waals surface area contributed by atoms with Crippen molar-refractivity contribution < 1.29 is 13.2 Å². The molecule has 1 amide bonds. The Morgan fingerprint density at radius 3 is 2.45 bits per heavy atom. The molecule has 1 atom stereocenters. The van der Waals surface area contributed by atoms with Crippen LogP contribution in [0.4, 0.5) is 5.69 Å². The van der Waals surface area contributed by atoms with Crippen molar-refractivity contribution in [1.29, 1.82) is 0 Å². The second kappa shape index (κ2) is 10.3. The lowest BCUT2D eigenvalue weighted by molar-refractivity contribution is -0.133. The number of halogens is 1. The van der Waals surface area contributed by atoms with Gasteiger partial charge in [-0.15, -0.1) is 11.3 Å². The van der Waals surface area contributed by atoms with E-state index in [0.717, 1.165) is 28.2 Å². The first kappa shape index (κ1) is 23.8. The monoisotopic (exact) mass is 503 g/mol. The smallest absolute Gasteiger partial charge is 0.250 e. The van der Waals surface area contributed by atoms with E-state index in [0.29, 0.717) is 31.2 Å². The first-order valence-corrected chi connectivity index (χ1v) is 13.5. The molecule has 0 bridgehead atoms. The molecule has 0 spiro atoms. The Hall–Kier alpha value is -2.39. The van der Waals surface area contributed by atoms with Crippen LogP contribution >= 0.6 is 22.9 Å². The lowest BCUT2D eigenvalue weighted by Gasteiger charge is -2.38. The number of piperazine rings is 1. The number of amides is 1. The zero-order chi connectivity index (χ0) is 23.4. The number of hydrogen-bond acceptors (Lipinski definition) is 5. The molecule has 1 aromatic heterocycles. The predicted molar refractivity (Wildman–Crippen MR) is 134 cm³/mol. The summed E-state index contributed by atoms with van der Waals surface area (Å²) in [4.78, 5) is 17.4. The average molecular weight is 504 g/mol. The van der Waals surface area contributed by atoms with Crippen LogP contribution in [-0.2, 0) is 21.2 Å². The fourth-order valence-electron chi connectivity index (χ4n) is 4.00. The maximum absolute atomic E-state index is 13.5. The van der Waals surface area contributed by atoms with Gasteiger partial charge in [0.25, 0.3) is 10.0 Å². The molecule has 1 aliphatic rings. The Morgan fingerprint density at radius 1 is 1.06 bits per heavy atom. The van der Waals surface area contributed by atoms with E-state index in [2.05, 4.69) is 9.62 Å². The van der Waals surface area contributed by atoms with Crippen molar-refractivity contribution in [3.05, 3.63) is 82.2 Å². The molecular weight excluding hydrogens is 478 g/mol. The summed E-state index contributed by atoms with van der Waals surface area (Å²) in [7, 11) is -3.79. The lowest BCUT2D eigenvalue weighted by atomic mass is 10.1. The summed E-state index contributed by atoms with van der Waals surface area (Å²) in [6.45, 7) is 4.37. The fourth-order valence-corrected chi connectivity index (χ4v) is 6.37. The Balaban J connectivity index is 1.50. The van der Waals surface area contributed by atoms with Crippen LogP contribution in [0, 0.1) is 6.92 Å². The van der Waals surface area contributed by atoms with Gasteiger partial charge in [0.1, 0.15) is 10.3 Å². The van der Waals surface area contributed by atoms with Gasteiger partial charge in [-0.1, -0.05) is 54.1 Å². The summed E-state index contributed by atoms with van der Waals surface area (Å²) in [5, 5.41) is 2.39. The third-order valence-corrected chi connectivity index (χ3v) is 8.85. The number of thiophene rings is 1. The third-order valence-electron chi connectivity index (χ3n) is 5.74. The number of anilines is 1. The first-order chi connectivity index (χ1) is 15.8. The standard InChI is InChI=1S/C24H26ClN3O3S2/c1-18-9-10-20(25)17-22(18)27-11-13-28(14-12-27)24(29)21(16-19-6-3-2-4-7-19)26-33(30,31)23-8-5-15-32-23/h2-10,15,17,21,26H,11-14,16H2,1H3/t21-/m0/s1. The minimum absolute atomic E-state index is 0.203. The number of carbonyl (C=O) groups is 1. The maximum atomic E-state index is 13.5. The van der Waals surface area contributed by atoms with Crippen molar-refractivity contribution in [2.45, 2.75) is 23.6 Å². The lowest BCUT2D eigenvalue weighted by Crippen LogP contribution is -2.55. The molecule has 1 aliphatic heterocycles. The molecule has 3 aromatic rings. The van der Waals surface area contributed by atoms with Crippen molar-refractivity contribution in [2.24, 2.45) is 0 Å². The van der Waals surface area contributed by atoms with E-state index in [1.54, 1.807) is 22.4 Å². The van der Waals surface area contributed by atoms with Gasteiger partial charge in [-0.25, -0.2) is 8.42 Å². The maximum Gasteiger partial charge on any atom is 0.250 e. The molecule has 6 nitrogen and oxygen atoms in total. The SMILES string of the molecule is Cc1ccc(Cl)cc1N1CCN(C(=O)[C@H](Cc2ccccc2)NS(=O)(=O)c2cccs2)CC1. The van der Waals surface area contributed by atoms with Crippen LogP contribution in [-0.4, -0.2) is 51.4 Å². The molecular formula is C24H26ClN3O3S2. The molecule has 2 aromatic carbocycles. The van der Waals surface area contributed by atoms with E-state index >= 15 is 0 Å². The fraction of sp³-hybridized carbons (Fsp3) is 0.292. The zero-order valence-corrected chi connectivity index (χ0v) is 20.7. The van der Waals surface area contributed by atoms with Crippen LogP contribution in [0.1, 0.15) is 11.1 Å². The van der Waals surface area contributed by atoms with Gasteiger partial charge in [-0.2, -0.15) is 4.72 Å². The molecule has 33 heavy (non-hydrogen) atoms. The highest BCUT2D eigenvalue weighted by Gasteiger charge is 2.32. The first-order valence-electron chi connectivity index (χ1n) is 10.7. The summed E-state index contributed by atoms with van der Waals surface area (Å²) in [5.74, 6) is -0.207. The quantitative estimate of drug-likeness (QED) is 0.530. The van der Waals surface area contributed by atoms with Crippen molar-refractivity contribution in [1.82, 2.24) is 9.62 Å². The Kier molecular flexibility index (Phi) is 7.38. The molecule has 2 heterocycles. The molecule has 1 fully saturated rings. The largest absolute Gasteiger partial charge is 0.368 e. The second-order valence-corrected chi connectivity index (χ2v) is 11.4. The van der Waals surface area contributed by atoms with E-state index in [9.17, 15) is 13.2 Å². The van der Waals surface area contributed by atoms with Crippen molar-refractivity contribution in [2.75, 3.05) is 31.1 Å². The number of benzene rings is 2. The number of rotatable bonds is 7. The molecule has 0 aliphatic carbocycles. The highest BCUT2D eigenvalue weighted by Crippen LogP contribution is 2.26. The topological polar surface area (TPSA) is 69.7 Å². The molecule has 1 N–H and O–H groups in total. The summed E-state index contributed by atoms with van der Waals surface area (Å²) < 4.78 is 28.7. The van der Waals surface area contributed by atoms with Crippen LogP contribution in [0.5, 0.6) is 0 Å². The molecule has 1 saturated heterocycles. The molecule has 4 rings (SSSR count). The molecule has 9 heteroatoms. The molecule has 0 saturated carbocycles. The average Bonchev–Trinajstić information content (AvgIpc) is 3.37. The summed E-state index contributed by atoms with van der Waals surface area (Å²) in [6.07, 6.45) is 0.290. The van der Waals surface area contributed by atoms with E-state index < -0.39 is 16.1 Å². The van der Waals surface area contributed by atoms with Crippen LogP contribution in [0.3, 0.4) is 0 Å². The molecule has 174 valence electrons. The van der Waals surface area contributed by atoms with Crippen LogP contribution < -0.4 is 9.62 Å². The molecule has 0 unspecified atom stereocenters. The van der Waals surface area contributed by atoms with Gasteiger partial charge in [0.2, 0.25) is 5.91 Å². The minimum atomic E-state index is -3.79. The van der Waals surface area contributed by atoms with Gasteiger partial charge in [0.05, 0.1) is 0 Å². The second-order valence-electron chi connectivity index (χ2n) is 8.04. The molecule has 0 radical (unpaired) electrons. The van der Waals surface area contributed by atoms with E-state index in [1.807, 2.05) is 55.5 Å². The summed E-state index contributed by atoms with van der Waals surface area (Å²) in [5.41, 5.74) is 3.09. The number of nitrogens with one attached hydrogen (secondary N) is 1. The van der Waals surface area contributed by atoms with Gasteiger partial charge in [-0.3, -0.25) is 4.79 Å². The van der Waals surface area contributed by atoms with Gasteiger partial charge >= 0.3 is 0 Å². The van der Waals surface area contributed by atoms with Crippen molar-refractivity contribution >= 4 is 44.6 Å². The Morgan fingerprint density at radius 2 is 1.79 bits per heavy atom. The van der Waals surface area contributed by atoms with E-state index in [1.165, 1.54) is 0 Å². The Bertz CT molecular complexity index is 1190. The third kappa shape index (κ3) is 5.76. The predicted octanol–water partition coefficient (Wildman–Crippen LogP) is 3.95. The minimum Gasteiger partial charge on any atom is -0.368 e. The number of aryl methyl sites for hydroxylation is 1. The summed E-state index contributed by atoms with van der Waals surface area (Å²) in [6, 6.07) is 17.6. The number of nitrogens with zero attached hydrogens (tertiary/aromatic N) is 2. The van der Waals surface area contributed by atoms with E-state index in [4.69, 9.17) is 11.6 Å². The van der Waals surface area contributed by atoms with Gasteiger partial charge < -0.3 is 9.80 Å². The van der Waals surface area contributed by atoms with Gasteiger partial charge in [0.15, 0.2) is 0 Å². The number of sulfonamides is 1. The summed E-state index contributed by atoms with van der Waals surface area (Å²) >= 11 is 7.32. The zero-order valence-electron chi connectivity index (χ0n) is 18.3. The number of carbonyl (C=O) groups excluding carboxylic acids is 1. The highest BCUT2D eigenvalue weighted by molar-refractivity contribution is 7.91. The Labute approximate surface area is 203 Å². The highest BCUT2D eigenvalue weighted by atomic mass is 35.5. The van der Waals surface area contributed by atoms with Crippen LogP contribution in [0.15, 0.2) is 70.3 Å². The number of hydrogen-bond donors (Lipinski definition) is 1. The van der Waals surface area contributed by atoms with Crippen LogP contribution in [0.2, 0.25) is 5.02 Å². The normalized spacial score (nSPS) is 15.5. The van der Waals surface area contributed by atoms with E-state index in [-0.39, 0.29) is 16.5 Å². The van der Waals surface area contributed by atoms with Gasteiger partial charge in [0, 0.05) is 36.9 Å². The van der Waals surface area contributed by atoms with Crippen molar-refractivity contribution in [3.63, 3.8) is 0 Å². The van der Waals surface area contributed by atoms with Crippen molar-refractivity contribution in [3.8, 4) is 0 Å².